The maximum absolute atomic E-state index is 12.0. The molecular formula is C14H16N4O. The number of amides is 1. The molecule has 2 aromatic heterocycles. The van der Waals surface area contributed by atoms with Gasteiger partial charge in [-0.15, -0.1) is 0 Å². The van der Waals surface area contributed by atoms with E-state index >= 15 is 0 Å². The summed E-state index contributed by atoms with van der Waals surface area (Å²) in [6.45, 7) is 2.95. The summed E-state index contributed by atoms with van der Waals surface area (Å²) in [6, 6.07) is 8.91. The van der Waals surface area contributed by atoms with E-state index in [0.717, 1.165) is 18.7 Å². The molecule has 0 aromatic carbocycles. The molecule has 5 heteroatoms. The lowest BCUT2D eigenvalue weighted by molar-refractivity contribution is 0.102. The van der Waals surface area contributed by atoms with Gasteiger partial charge in [0.2, 0.25) is 0 Å². The number of carbonyl (C=O) groups is 1. The Morgan fingerprint density at radius 1 is 1.21 bits per heavy atom. The third-order valence-corrected chi connectivity index (χ3v) is 2.48. The SMILES string of the molecule is CCCNc1ccnc(C(=O)Nc2ccccn2)c1. The maximum Gasteiger partial charge on any atom is 0.275 e. The van der Waals surface area contributed by atoms with Crippen LogP contribution in [0.3, 0.4) is 0 Å². The average molecular weight is 256 g/mol. The van der Waals surface area contributed by atoms with E-state index in [-0.39, 0.29) is 5.91 Å². The third kappa shape index (κ3) is 3.77. The number of anilines is 2. The number of pyridine rings is 2. The van der Waals surface area contributed by atoms with E-state index in [2.05, 4.69) is 27.5 Å². The molecule has 2 N–H and O–H groups in total. The predicted octanol–water partition coefficient (Wildman–Crippen LogP) is 2.55. The Balaban J connectivity index is 2.06. The zero-order valence-corrected chi connectivity index (χ0v) is 10.8. The lowest BCUT2D eigenvalue weighted by atomic mass is 10.3. The molecule has 0 fully saturated rings. The Bertz CT molecular complexity index is 542. The molecule has 0 saturated carbocycles. The van der Waals surface area contributed by atoms with Gasteiger partial charge in [0.15, 0.2) is 0 Å². The van der Waals surface area contributed by atoms with Crippen molar-refractivity contribution in [1.82, 2.24) is 9.97 Å². The highest BCUT2D eigenvalue weighted by Gasteiger charge is 2.08. The Labute approximate surface area is 112 Å². The van der Waals surface area contributed by atoms with E-state index in [0.29, 0.717) is 11.5 Å². The summed E-state index contributed by atoms with van der Waals surface area (Å²) in [6.07, 6.45) is 4.27. The molecule has 0 unspecified atom stereocenters. The first kappa shape index (κ1) is 13.0. The number of hydrogen-bond acceptors (Lipinski definition) is 4. The Morgan fingerprint density at radius 2 is 2.11 bits per heavy atom. The predicted molar refractivity (Wildman–Crippen MR) is 75.2 cm³/mol. The molecule has 0 bridgehead atoms. The Morgan fingerprint density at radius 3 is 2.84 bits per heavy atom. The minimum Gasteiger partial charge on any atom is -0.385 e. The van der Waals surface area contributed by atoms with Crippen LogP contribution >= 0.6 is 0 Å². The van der Waals surface area contributed by atoms with E-state index < -0.39 is 0 Å². The van der Waals surface area contributed by atoms with Crippen LogP contribution in [0.5, 0.6) is 0 Å². The molecule has 0 aliphatic carbocycles. The number of carbonyl (C=O) groups excluding carboxylic acids is 1. The van der Waals surface area contributed by atoms with Crippen molar-refractivity contribution >= 4 is 17.4 Å². The second-order valence-electron chi connectivity index (χ2n) is 4.03. The highest BCUT2D eigenvalue weighted by atomic mass is 16.1. The van der Waals surface area contributed by atoms with Crippen LogP contribution in [0.4, 0.5) is 11.5 Å². The first-order chi connectivity index (χ1) is 9.29. The van der Waals surface area contributed by atoms with E-state index in [1.54, 1.807) is 30.6 Å². The van der Waals surface area contributed by atoms with Crippen molar-refractivity contribution in [2.45, 2.75) is 13.3 Å². The summed E-state index contributed by atoms with van der Waals surface area (Å²) in [5, 5.41) is 5.92. The molecule has 2 aromatic rings. The number of hydrogen-bond donors (Lipinski definition) is 2. The van der Waals surface area contributed by atoms with Crippen LogP contribution in [-0.4, -0.2) is 22.4 Å². The van der Waals surface area contributed by atoms with Crippen molar-refractivity contribution < 1.29 is 4.79 Å². The Hall–Kier alpha value is -2.43. The van der Waals surface area contributed by atoms with Crippen LogP contribution in [0.15, 0.2) is 42.7 Å². The quantitative estimate of drug-likeness (QED) is 0.862. The normalized spacial score (nSPS) is 9.95. The first-order valence-corrected chi connectivity index (χ1v) is 6.22. The van der Waals surface area contributed by atoms with Gasteiger partial charge in [-0.25, -0.2) is 4.98 Å². The molecule has 0 spiro atoms. The van der Waals surface area contributed by atoms with Gasteiger partial charge < -0.3 is 10.6 Å². The van der Waals surface area contributed by atoms with Gasteiger partial charge in [0.25, 0.3) is 5.91 Å². The molecule has 0 saturated heterocycles. The van der Waals surface area contributed by atoms with Crippen molar-refractivity contribution in [3.8, 4) is 0 Å². The average Bonchev–Trinajstić information content (AvgIpc) is 2.46. The van der Waals surface area contributed by atoms with Gasteiger partial charge in [-0.1, -0.05) is 13.0 Å². The zero-order chi connectivity index (χ0) is 13.5. The fraction of sp³-hybridized carbons (Fsp3) is 0.214. The van der Waals surface area contributed by atoms with Gasteiger partial charge in [-0.05, 0) is 30.7 Å². The van der Waals surface area contributed by atoms with E-state index in [1.807, 2.05) is 12.1 Å². The molecule has 0 aliphatic heterocycles. The van der Waals surface area contributed by atoms with E-state index in [9.17, 15) is 4.79 Å². The number of nitrogens with zero attached hydrogens (tertiary/aromatic N) is 2. The minimum atomic E-state index is -0.265. The summed E-state index contributed by atoms with van der Waals surface area (Å²) >= 11 is 0. The fourth-order valence-corrected chi connectivity index (χ4v) is 1.55. The van der Waals surface area contributed by atoms with Crippen molar-refractivity contribution in [2.75, 3.05) is 17.2 Å². The van der Waals surface area contributed by atoms with Gasteiger partial charge in [0.1, 0.15) is 11.5 Å². The number of aromatic nitrogens is 2. The molecule has 2 heterocycles. The van der Waals surface area contributed by atoms with Crippen molar-refractivity contribution in [3.63, 3.8) is 0 Å². The number of nitrogens with one attached hydrogen (secondary N) is 2. The van der Waals surface area contributed by atoms with Crippen LogP contribution in [0.2, 0.25) is 0 Å². The van der Waals surface area contributed by atoms with Gasteiger partial charge in [0.05, 0.1) is 0 Å². The largest absolute Gasteiger partial charge is 0.385 e. The molecule has 0 atom stereocenters. The van der Waals surface area contributed by atoms with Crippen LogP contribution in [0.25, 0.3) is 0 Å². The minimum absolute atomic E-state index is 0.265. The van der Waals surface area contributed by atoms with Gasteiger partial charge in [-0.3, -0.25) is 9.78 Å². The van der Waals surface area contributed by atoms with Crippen molar-refractivity contribution in [3.05, 3.63) is 48.4 Å². The molecule has 5 nitrogen and oxygen atoms in total. The van der Waals surface area contributed by atoms with Crippen molar-refractivity contribution in [2.24, 2.45) is 0 Å². The van der Waals surface area contributed by atoms with E-state index in [4.69, 9.17) is 0 Å². The zero-order valence-electron chi connectivity index (χ0n) is 10.8. The lowest BCUT2D eigenvalue weighted by Gasteiger charge is -2.07. The second kappa shape index (κ2) is 6.49. The van der Waals surface area contributed by atoms with Crippen LogP contribution in [-0.2, 0) is 0 Å². The molecule has 98 valence electrons. The topological polar surface area (TPSA) is 66.9 Å². The molecule has 0 aliphatic rings. The summed E-state index contributed by atoms with van der Waals surface area (Å²) < 4.78 is 0. The summed E-state index contributed by atoms with van der Waals surface area (Å²) in [7, 11) is 0. The monoisotopic (exact) mass is 256 g/mol. The molecule has 2 rings (SSSR count). The fourth-order valence-electron chi connectivity index (χ4n) is 1.55. The summed E-state index contributed by atoms with van der Waals surface area (Å²) in [5.74, 6) is 0.250. The molecule has 0 radical (unpaired) electrons. The third-order valence-electron chi connectivity index (χ3n) is 2.48. The standard InChI is InChI=1S/C14H16N4O/c1-2-7-15-11-6-9-16-12(10-11)14(19)18-13-5-3-4-8-17-13/h3-6,8-10H,2,7H2,1H3,(H,15,16)(H,17,18,19). The lowest BCUT2D eigenvalue weighted by Crippen LogP contribution is -2.14. The Kier molecular flexibility index (Phi) is 4.44. The molecule has 1 amide bonds. The van der Waals surface area contributed by atoms with Crippen molar-refractivity contribution in [1.29, 1.82) is 0 Å². The van der Waals surface area contributed by atoms with Crippen LogP contribution in [0.1, 0.15) is 23.8 Å². The van der Waals surface area contributed by atoms with Gasteiger partial charge in [-0.2, -0.15) is 0 Å². The first-order valence-electron chi connectivity index (χ1n) is 6.22. The maximum atomic E-state index is 12.0. The van der Waals surface area contributed by atoms with Gasteiger partial charge >= 0.3 is 0 Å². The highest BCUT2D eigenvalue weighted by Crippen LogP contribution is 2.10. The summed E-state index contributed by atoms with van der Waals surface area (Å²) in [4.78, 5) is 20.1. The van der Waals surface area contributed by atoms with Crippen LogP contribution < -0.4 is 10.6 Å². The highest BCUT2D eigenvalue weighted by molar-refractivity contribution is 6.02. The molecular weight excluding hydrogens is 240 g/mol. The second-order valence-corrected chi connectivity index (χ2v) is 4.03. The number of rotatable bonds is 5. The van der Waals surface area contributed by atoms with E-state index in [1.165, 1.54) is 0 Å². The smallest absolute Gasteiger partial charge is 0.275 e. The molecule has 19 heavy (non-hydrogen) atoms. The summed E-state index contributed by atoms with van der Waals surface area (Å²) in [5.41, 5.74) is 1.26. The van der Waals surface area contributed by atoms with Crippen LogP contribution in [0, 0.1) is 0 Å². The van der Waals surface area contributed by atoms with Gasteiger partial charge in [0, 0.05) is 24.6 Å².